The molecule has 1 aliphatic heterocycles. The van der Waals surface area contributed by atoms with Crippen molar-refractivity contribution in [2.75, 3.05) is 26.2 Å². The van der Waals surface area contributed by atoms with Crippen LogP contribution < -0.4 is 10.6 Å². The maximum Gasteiger partial charge on any atom is -0.000790 e. The first-order valence-electron chi connectivity index (χ1n) is 3.85. The van der Waals surface area contributed by atoms with Crippen LogP contribution in [0.2, 0.25) is 0 Å². The Morgan fingerprint density at radius 2 is 2.40 bits per heavy atom. The van der Waals surface area contributed by atoms with Gasteiger partial charge in [-0.2, -0.15) is 13.5 Å². The molecule has 10 heavy (non-hydrogen) atoms. The second-order valence-electron chi connectivity index (χ2n) is 2.67. The van der Waals surface area contributed by atoms with Crippen LogP contribution in [0.15, 0.2) is 0 Å². The van der Waals surface area contributed by atoms with Crippen molar-refractivity contribution in [1.82, 2.24) is 10.6 Å². The second-order valence-corrected chi connectivity index (χ2v) is 2.67. The van der Waals surface area contributed by atoms with Crippen molar-refractivity contribution in [3.05, 3.63) is 0 Å². The SMILES string of the molecule is CCNC[C@@H]1CCNC1.S. The molecule has 1 saturated heterocycles. The molecule has 0 aliphatic carbocycles. The van der Waals surface area contributed by atoms with Gasteiger partial charge in [-0.15, -0.1) is 0 Å². The summed E-state index contributed by atoms with van der Waals surface area (Å²) in [5.41, 5.74) is 0. The maximum atomic E-state index is 3.35. The van der Waals surface area contributed by atoms with Crippen molar-refractivity contribution in [3.63, 3.8) is 0 Å². The van der Waals surface area contributed by atoms with E-state index in [1.807, 2.05) is 0 Å². The molecular weight excluding hydrogens is 144 g/mol. The summed E-state index contributed by atoms with van der Waals surface area (Å²) in [7, 11) is 0. The lowest BCUT2D eigenvalue weighted by molar-refractivity contribution is 0.523. The molecule has 0 bridgehead atoms. The van der Waals surface area contributed by atoms with E-state index in [2.05, 4.69) is 17.6 Å². The molecule has 0 radical (unpaired) electrons. The second kappa shape index (κ2) is 6.01. The zero-order chi connectivity index (χ0) is 6.53. The molecule has 1 rings (SSSR count). The molecule has 1 heterocycles. The van der Waals surface area contributed by atoms with Gasteiger partial charge in [-0.25, -0.2) is 0 Å². The van der Waals surface area contributed by atoms with E-state index in [1.165, 1.54) is 26.1 Å². The Labute approximate surface area is 70.2 Å². The van der Waals surface area contributed by atoms with Gasteiger partial charge in [0.05, 0.1) is 0 Å². The molecule has 2 nitrogen and oxygen atoms in total. The smallest absolute Gasteiger partial charge is 0.000790 e. The third-order valence-corrected chi connectivity index (χ3v) is 1.85. The van der Waals surface area contributed by atoms with E-state index in [0.29, 0.717) is 0 Å². The Morgan fingerprint density at radius 1 is 1.60 bits per heavy atom. The van der Waals surface area contributed by atoms with Crippen molar-refractivity contribution >= 4 is 13.5 Å². The molecule has 0 aromatic heterocycles. The highest BCUT2D eigenvalue weighted by Gasteiger charge is 2.12. The van der Waals surface area contributed by atoms with Gasteiger partial charge in [-0.05, 0) is 38.5 Å². The van der Waals surface area contributed by atoms with Crippen LogP contribution in [0, 0.1) is 5.92 Å². The zero-order valence-electron chi connectivity index (χ0n) is 6.61. The first kappa shape index (κ1) is 10.3. The van der Waals surface area contributed by atoms with Gasteiger partial charge in [-0.3, -0.25) is 0 Å². The molecule has 0 aromatic rings. The number of hydrogen-bond donors (Lipinski definition) is 2. The zero-order valence-corrected chi connectivity index (χ0v) is 7.61. The van der Waals surface area contributed by atoms with Gasteiger partial charge < -0.3 is 10.6 Å². The minimum atomic E-state index is 0. The van der Waals surface area contributed by atoms with E-state index in [-0.39, 0.29) is 13.5 Å². The summed E-state index contributed by atoms with van der Waals surface area (Å²) < 4.78 is 0. The molecule has 2 N–H and O–H groups in total. The fraction of sp³-hybridized carbons (Fsp3) is 1.00. The van der Waals surface area contributed by atoms with Gasteiger partial charge in [0.25, 0.3) is 0 Å². The molecule has 0 amide bonds. The summed E-state index contributed by atoms with van der Waals surface area (Å²) in [6, 6.07) is 0. The fourth-order valence-corrected chi connectivity index (χ4v) is 1.24. The molecule has 1 aliphatic rings. The predicted molar refractivity (Wildman–Crippen MR) is 49.9 cm³/mol. The summed E-state index contributed by atoms with van der Waals surface area (Å²) in [5, 5.41) is 6.69. The van der Waals surface area contributed by atoms with Crippen LogP contribution in [0.25, 0.3) is 0 Å². The van der Waals surface area contributed by atoms with Crippen molar-refractivity contribution in [3.8, 4) is 0 Å². The molecular formula is C7H18N2S. The molecule has 0 unspecified atom stereocenters. The minimum Gasteiger partial charge on any atom is -0.317 e. The third kappa shape index (κ3) is 3.44. The van der Waals surface area contributed by atoms with Gasteiger partial charge in [0.15, 0.2) is 0 Å². The molecule has 0 aromatic carbocycles. The highest BCUT2D eigenvalue weighted by Crippen LogP contribution is 2.04. The van der Waals surface area contributed by atoms with E-state index in [1.54, 1.807) is 0 Å². The fourth-order valence-electron chi connectivity index (χ4n) is 1.24. The quantitative estimate of drug-likeness (QED) is 0.624. The largest absolute Gasteiger partial charge is 0.317 e. The minimum absolute atomic E-state index is 0. The van der Waals surface area contributed by atoms with Crippen LogP contribution in [0.1, 0.15) is 13.3 Å². The third-order valence-electron chi connectivity index (χ3n) is 1.85. The summed E-state index contributed by atoms with van der Waals surface area (Å²) in [4.78, 5) is 0. The van der Waals surface area contributed by atoms with Gasteiger partial charge >= 0.3 is 0 Å². The molecule has 62 valence electrons. The van der Waals surface area contributed by atoms with E-state index in [4.69, 9.17) is 0 Å². The first-order chi connectivity index (χ1) is 4.43. The van der Waals surface area contributed by atoms with Crippen LogP contribution >= 0.6 is 13.5 Å². The molecule has 3 heteroatoms. The Hall–Kier alpha value is 0.270. The number of hydrogen-bond acceptors (Lipinski definition) is 2. The molecule has 1 fully saturated rings. The van der Waals surface area contributed by atoms with E-state index >= 15 is 0 Å². The van der Waals surface area contributed by atoms with E-state index < -0.39 is 0 Å². The molecule has 1 atom stereocenters. The summed E-state index contributed by atoms with van der Waals surface area (Å²) in [5.74, 6) is 0.893. The van der Waals surface area contributed by atoms with Gasteiger partial charge in [0.1, 0.15) is 0 Å². The Bertz CT molecular complexity index is 72.0. The number of nitrogens with one attached hydrogen (secondary N) is 2. The van der Waals surface area contributed by atoms with Crippen molar-refractivity contribution in [1.29, 1.82) is 0 Å². The molecule has 0 saturated carbocycles. The topological polar surface area (TPSA) is 24.1 Å². The summed E-state index contributed by atoms with van der Waals surface area (Å²) in [6.45, 7) is 6.89. The Morgan fingerprint density at radius 3 is 2.90 bits per heavy atom. The maximum absolute atomic E-state index is 3.35. The highest BCUT2D eigenvalue weighted by atomic mass is 32.1. The predicted octanol–water partition coefficient (Wildman–Crippen LogP) is 0.318. The summed E-state index contributed by atoms with van der Waals surface area (Å²) >= 11 is 0. The lowest BCUT2D eigenvalue weighted by atomic mass is 10.1. The summed E-state index contributed by atoms with van der Waals surface area (Å²) in [6.07, 6.45) is 1.35. The lowest BCUT2D eigenvalue weighted by Gasteiger charge is -2.06. The standard InChI is InChI=1S/C7H16N2.H2S/c1-2-8-5-7-3-4-9-6-7;/h7-9H,2-6H2,1H3;1H2/t7-;/m0./s1. The van der Waals surface area contributed by atoms with Crippen LogP contribution in [0.5, 0.6) is 0 Å². The van der Waals surface area contributed by atoms with Crippen molar-refractivity contribution in [2.45, 2.75) is 13.3 Å². The van der Waals surface area contributed by atoms with Gasteiger partial charge in [0, 0.05) is 0 Å². The Kier molecular flexibility index (Phi) is 6.17. The van der Waals surface area contributed by atoms with Crippen LogP contribution in [-0.2, 0) is 0 Å². The average Bonchev–Trinajstić information content (AvgIpc) is 2.34. The average molecular weight is 162 g/mol. The molecule has 0 spiro atoms. The lowest BCUT2D eigenvalue weighted by Crippen LogP contribution is -2.23. The van der Waals surface area contributed by atoms with Crippen molar-refractivity contribution in [2.24, 2.45) is 5.92 Å². The van der Waals surface area contributed by atoms with E-state index in [9.17, 15) is 0 Å². The van der Waals surface area contributed by atoms with Crippen molar-refractivity contribution < 1.29 is 0 Å². The highest BCUT2D eigenvalue weighted by molar-refractivity contribution is 7.59. The van der Waals surface area contributed by atoms with Crippen LogP contribution in [0.3, 0.4) is 0 Å². The monoisotopic (exact) mass is 162 g/mol. The van der Waals surface area contributed by atoms with Crippen LogP contribution in [0.4, 0.5) is 0 Å². The Balaban J connectivity index is 0.000000810. The normalized spacial score (nSPS) is 24.3. The van der Waals surface area contributed by atoms with Gasteiger partial charge in [0.2, 0.25) is 0 Å². The van der Waals surface area contributed by atoms with E-state index in [0.717, 1.165) is 12.5 Å². The van der Waals surface area contributed by atoms with Crippen LogP contribution in [-0.4, -0.2) is 26.2 Å². The van der Waals surface area contributed by atoms with Gasteiger partial charge in [-0.1, -0.05) is 6.92 Å². The first-order valence-corrected chi connectivity index (χ1v) is 3.85. The number of rotatable bonds is 3.